The molecule has 5 nitrogen and oxygen atoms in total. The highest BCUT2D eigenvalue weighted by Gasteiger charge is 2.26. The Morgan fingerprint density at radius 1 is 1.21 bits per heavy atom. The van der Waals surface area contributed by atoms with Gasteiger partial charge in [0.1, 0.15) is 0 Å². The molecular formula is C19H24N4O. The molecule has 1 N–H and O–H groups in total. The molecule has 126 valence electrons. The van der Waals surface area contributed by atoms with Gasteiger partial charge in [0.2, 0.25) is 5.91 Å². The maximum Gasteiger partial charge on any atom is 0.220 e. The van der Waals surface area contributed by atoms with E-state index in [4.69, 9.17) is 5.10 Å². The Morgan fingerprint density at radius 2 is 2.00 bits per heavy atom. The Morgan fingerprint density at radius 3 is 2.75 bits per heavy atom. The van der Waals surface area contributed by atoms with Crippen LogP contribution in [0.25, 0.3) is 11.3 Å². The summed E-state index contributed by atoms with van der Waals surface area (Å²) in [5.74, 6) is 0.661. The minimum atomic E-state index is 0.201. The minimum Gasteiger partial charge on any atom is -0.356 e. The third-order valence-electron chi connectivity index (χ3n) is 5.20. The molecule has 1 atom stereocenters. The summed E-state index contributed by atoms with van der Waals surface area (Å²) >= 11 is 0. The number of aryl methyl sites for hydroxylation is 1. The van der Waals surface area contributed by atoms with Crippen molar-refractivity contribution in [3.8, 4) is 11.3 Å². The SMILES string of the molecule is Cn1nc2c(c1-c1ccccc1)CCN(CC1CNC(=O)C1)CC2. The first-order chi connectivity index (χ1) is 11.7. The van der Waals surface area contributed by atoms with Crippen molar-refractivity contribution in [3.05, 3.63) is 41.6 Å². The van der Waals surface area contributed by atoms with Gasteiger partial charge in [-0.05, 0) is 12.3 Å². The zero-order chi connectivity index (χ0) is 16.5. The fraction of sp³-hybridized carbons (Fsp3) is 0.474. The molecule has 1 aromatic heterocycles. The standard InChI is InChI=1S/C19H24N4O/c1-22-19(15-5-3-2-4-6-15)16-7-9-23(10-8-17(16)21-22)13-14-11-18(24)20-12-14/h2-6,14H,7-13H2,1H3,(H,20,24). The van der Waals surface area contributed by atoms with Crippen LogP contribution >= 0.6 is 0 Å². The van der Waals surface area contributed by atoms with Crippen molar-refractivity contribution < 1.29 is 4.79 Å². The predicted molar refractivity (Wildman–Crippen MR) is 93.6 cm³/mol. The molecule has 1 amide bonds. The molecular weight excluding hydrogens is 300 g/mol. The molecule has 1 fully saturated rings. The van der Waals surface area contributed by atoms with Crippen LogP contribution in [0, 0.1) is 5.92 Å². The molecule has 1 unspecified atom stereocenters. The first kappa shape index (κ1) is 15.4. The Balaban J connectivity index is 1.51. The normalized spacial score (nSPS) is 21.4. The van der Waals surface area contributed by atoms with E-state index in [-0.39, 0.29) is 5.91 Å². The average molecular weight is 324 g/mol. The summed E-state index contributed by atoms with van der Waals surface area (Å²) in [6.07, 6.45) is 2.70. The third kappa shape index (κ3) is 2.96. The Bertz CT molecular complexity index is 737. The van der Waals surface area contributed by atoms with Crippen molar-refractivity contribution in [2.24, 2.45) is 13.0 Å². The number of amides is 1. The molecule has 0 spiro atoms. The molecule has 24 heavy (non-hydrogen) atoms. The van der Waals surface area contributed by atoms with Crippen molar-refractivity contribution in [2.45, 2.75) is 19.3 Å². The van der Waals surface area contributed by atoms with E-state index in [1.165, 1.54) is 22.5 Å². The van der Waals surface area contributed by atoms with Gasteiger partial charge in [-0.25, -0.2) is 0 Å². The fourth-order valence-corrected chi connectivity index (χ4v) is 4.03. The number of carbonyl (C=O) groups excluding carboxylic acids is 1. The van der Waals surface area contributed by atoms with E-state index in [0.717, 1.165) is 39.0 Å². The summed E-state index contributed by atoms with van der Waals surface area (Å²) < 4.78 is 2.04. The molecule has 0 radical (unpaired) electrons. The predicted octanol–water partition coefficient (Wildman–Crippen LogP) is 1.62. The van der Waals surface area contributed by atoms with Crippen LogP contribution in [0.2, 0.25) is 0 Å². The topological polar surface area (TPSA) is 50.2 Å². The quantitative estimate of drug-likeness (QED) is 0.933. The van der Waals surface area contributed by atoms with Crippen molar-refractivity contribution in [3.63, 3.8) is 0 Å². The molecule has 2 aliphatic heterocycles. The summed E-state index contributed by atoms with van der Waals surface area (Å²) in [6, 6.07) is 10.5. The lowest BCUT2D eigenvalue weighted by Crippen LogP contribution is -2.32. The molecule has 0 saturated carbocycles. The van der Waals surface area contributed by atoms with E-state index in [9.17, 15) is 4.79 Å². The van der Waals surface area contributed by atoms with Crippen LogP contribution in [-0.2, 0) is 24.7 Å². The van der Waals surface area contributed by atoms with Crippen LogP contribution in [0.3, 0.4) is 0 Å². The maximum absolute atomic E-state index is 11.4. The van der Waals surface area contributed by atoms with Gasteiger partial charge < -0.3 is 10.2 Å². The van der Waals surface area contributed by atoms with Gasteiger partial charge in [-0.2, -0.15) is 5.10 Å². The van der Waals surface area contributed by atoms with E-state index in [2.05, 4.69) is 40.5 Å². The first-order valence-electron chi connectivity index (χ1n) is 8.80. The maximum atomic E-state index is 11.4. The van der Waals surface area contributed by atoms with Gasteiger partial charge in [0.15, 0.2) is 0 Å². The molecule has 0 aliphatic carbocycles. The highest BCUT2D eigenvalue weighted by molar-refractivity contribution is 5.78. The number of aromatic nitrogens is 2. The first-order valence-corrected chi connectivity index (χ1v) is 8.80. The Kier molecular flexibility index (Phi) is 4.10. The van der Waals surface area contributed by atoms with E-state index in [1.54, 1.807) is 0 Å². The van der Waals surface area contributed by atoms with Gasteiger partial charge in [-0.1, -0.05) is 30.3 Å². The van der Waals surface area contributed by atoms with Crippen molar-refractivity contribution in [1.29, 1.82) is 0 Å². The van der Waals surface area contributed by atoms with Crippen LogP contribution in [0.4, 0.5) is 0 Å². The van der Waals surface area contributed by atoms with Gasteiger partial charge >= 0.3 is 0 Å². The second-order valence-electron chi connectivity index (χ2n) is 6.94. The van der Waals surface area contributed by atoms with Crippen molar-refractivity contribution in [2.75, 3.05) is 26.2 Å². The second-order valence-corrected chi connectivity index (χ2v) is 6.94. The van der Waals surface area contributed by atoms with Crippen LogP contribution in [-0.4, -0.2) is 46.8 Å². The smallest absolute Gasteiger partial charge is 0.220 e. The summed E-state index contributed by atoms with van der Waals surface area (Å²) in [5.41, 5.74) is 5.13. The summed E-state index contributed by atoms with van der Waals surface area (Å²) in [7, 11) is 2.05. The number of benzene rings is 1. The van der Waals surface area contributed by atoms with Crippen molar-refractivity contribution in [1.82, 2.24) is 20.0 Å². The monoisotopic (exact) mass is 324 g/mol. The van der Waals surface area contributed by atoms with Gasteiger partial charge in [0, 0.05) is 57.2 Å². The molecule has 2 aliphatic rings. The largest absolute Gasteiger partial charge is 0.356 e. The van der Waals surface area contributed by atoms with Gasteiger partial charge in [-0.15, -0.1) is 0 Å². The Hall–Kier alpha value is -2.14. The molecule has 5 heteroatoms. The molecule has 0 bridgehead atoms. The number of carbonyl (C=O) groups is 1. The van der Waals surface area contributed by atoms with Gasteiger partial charge in [0.05, 0.1) is 11.4 Å². The molecule has 1 aromatic carbocycles. The number of rotatable bonds is 3. The minimum absolute atomic E-state index is 0.201. The average Bonchev–Trinajstić information content (AvgIpc) is 3.07. The van der Waals surface area contributed by atoms with Gasteiger partial charge in [-0.3, -0.25) is 9.48 Å². The lowest BCUT2D eigenvalue weighted by Gasteiger charge is -2.22. The summed E-state index contributed by atoms with van der Waals surface area (Å²) in [5, 5.41) is 7.73. The summed E-state index contributed by atoms with van der Waals surface area (Å²) in [4.78, 5) is 13.9. The van der Waals surface area contributed by atoms with E-state index < -0.39 is 0 Å². The number of nitrogens with zero attached hydrogens (tertiary/aromatic N) is 3. The van der Waals surface area contributed by atoms with Gasteiger partial charge in [0.25, 0.3) is 0 Å². The zero-order valence-corrected chi connectivity index (χ0v) is 14.2. The molecule has 3 heterocycles. The van der Waals surface area contributed by atoms with Crippen LogP contribution in [0.15, 0.2) is 30.3 Å². The van der Waals surface area contributed by atoms with E-state index >= 15 is 0 Å². The lowest BCUT2D eigenvalue weighted by atomic mass is 10.0. The summed E-state index contributed by atoms with van der Waals surface area (Å²) in [6.45, 7) is 3.92. The lowest BCUT2D eigenvalue weighted by molar-refractivity contribution is -0.119. The number of fused-ring (bicyclic) bond motifs is 1. The molecule has 4 rings (SSSR count). The number of nitrogens with one attached hydrogen (secondary N) is 1. The van der Waals surface area contributed by atoms with Crippen LogP contribution in [0.5, 0.6) is 0 Å². The number of hydrogen-bond donors (Lipinski definition) is 1. The highest BCUT2D eigenvalue weighted by atomic mass is 16.1. The van der Waals surface area contributed by atoms with Crippen LogP contribution < -0.4 is 5.32 Å². The second kappa shape index (κ2) is 6.40. The van der Waals surface area contributed by atoms with E-state index in [1.807, 2.05) is 11.7 Å². The number of hydrogen-bond acceptors (Lipinski definition) is 3. The van der Waals surface area contributed by atoms with Crippen LogP contribution in [0.1, 0.15) is 17.7 Å². The molecule has 2 aromatic rings. The molecule has 1 saturated heterocycles. The van der Waals surface area contributed by atoms with E-state index in [0.29, 0.717) is 12.3 Å². The zero-order valence-electron chi connectivity index (χ0n) is 14.2. The van der Waals surface area contributed by atoms with Crippen molar-refractivity contribution >= 4 is 5.91 Å². The fourth-order valence-electron chi connectivity index (χ4n) is 4.03. The Labute approximate surface area is 142 Å². The highest BCUT2D eigenvalue weighted by Crippen LogP contribution is 2.28. The third-order valence-corrected chi connectivity index (χ3v) is 5.20.